The number of hydrogen-bond donors (Lipinski definition) is 1. The largest absolute Gasteiger partial charge is 0.374 e. The minimum Gasteiger partial charge on any atom is -0.322 e. The molecule has 0 aliphatic heterocycles. The molecular formula is C19H20FN2O7P. The summed E-state index contributed by atoms with van der Waals surface area (Å²) in [5, 5.41) is 13.3. The molecule has 0 bridgehead atoms. The van der Waals surface area contributed by atoms with E-state index in [4.69, 9.17) is 9.05 Å². The SMILES string of the molecule is CCOP(=O)(OCC)C(F)C(=O)Nc1ccc([N+](=O)[O-])cc1C(=O)c1ccccc1. The number of non-ortho nitro benzene ring substituents is 1. The topological polar surface area (TPSA) is 125 Å². The van der Waals surface area contributed by atoms with Crippen LogP contribution in [0.4, 0.5) is 15.8 Å². The molecule has 0 fully saturated rings. The van der Waals surface area contributed by atoms with Crippen molar-refractivity contribution in [1.29, 1.82) is 0 Å². The molecule has 160 valence electrons. The lowest BCUT2D eigenvalue weighted by Gasteiger charge is -2.20. The van der Waals surface area contributed by atoms with Crippen LogP contribution in [0.1, 0.15) is 29.8 Å². The number of hydrogen-bond acceptors (Lipinski definition) is 7. The zero-order valence-electron chi connectivity index (χ0n) is 16.2. The van der Waals surface area contributed by atoms with Gasteiger partial charge in [-0.1, -0.05) is 30.3 Å². The molecule has 0 heterocycles. The Hall–Kier alpha value is -2.94. The van der Waals surface area contributed by atoms with Crippen LogP contribution in [0.5, 0.6) is 0 Å². The molecule has 2 aromatic carbocycles. The van der Waals surface area contributed by atoms with E-state index in [-0.39, 0.29) is 30.0 Å². The fourth-order valence-corrected chi connectivity index (χ4v) is 3.96. The molecule has 1 amide bonds. The Bertz CT molecular complexity index is 974. The second kappa shape index (κ2) is 10.2. The number of ketones is 1. The normalized spacial score (nSPS) is 12.2. The summed E-state index contributed by atoms with van der Waals surface area (Å²) in [4.78, 5) is 35.6. The van der Waals surface area contributed by atoms with Gasteiger partial charge in [0.25, 0.3) is 17.5 Å². The van der Waals surface area contributed by atoms with E-state index in [0.29, 0.717) is 0 Å². The first-order chi connectivity index (χ1) is 14.2. The van der Waals surface area contributed by atoms with Crippen molar-refractivity contribution in [3.8, 4) is 0 Å². The quantitative estimate of drug-likeness (QED) is 0.253. The lowest BCUT2D eigenvalue weighted by atomic mass is 10.0. The van der Waals surface area contributed by atoms with Crippen molar-refractivity contribution < 1.29 is 32.5 Å². The Balaban J connectivity index is 2.41. The van der Waals surface area contributed by atoms with Crippen molar-refractivity contribution in [2.45, 2.75) is 19.8 Å². The number of carbonyl (C=O) groups is 2. The molecule has 0 saturated heterocycles. The van der Waals surface area contributed by atoms with Gasteiger partial charge in [0, 0.05) is 17.7 Å². The molecule has 0 radical (unpaired) electrons. The number of benzene rings is 2. The van der Waals surface area contributed by atoms with Gasteiger partial charge < -0.3 is 14.4 Å². The van der Waals surface area contributed by atoms with E-state index in [0.717, 1.165) is 18.2 Å². The minimum absolute atomic E-state index is 0.153. The fourth-order valence-electron chi connectivity index (χ4n) is 2.55. The van der Waals surface area contributed by atoms with Gasteiger partial charge in [0.15, 0.2) is 5.78 Å². The summed E-state index contributed by atoms with van der Waals surface area (Å²) in [5.74, 6) is -4.65. The molecule has 1 N–H and O–H groups in total. The summed E-state index contributed by atoms with van der Waals surface area (Å²) >= 11 is 0. The van der Waals surface area contributed by atoms with Gasteiger partial charge in [-0.15, -0.1) is 0 Å². The number of nitro groups is 1. The zero-order chi connectivity index (χ0) is 22.3. The Kier molecular flexibility index (Phi) is 7.93. The van der Waals surface area contributed by atoms with E-state index < -0.39 is 35.8 Å². The average molecular weight is 438 g/mol. The molecule has 0 aliphatic carbocycles. The molecule has 0 aromatic heterocycles. The lowest BCUT2D eigenvalue weighted by Crippen LogP contribution is -2.27. The number of nitrogens with zero attached hydrogens (tertiary/aromatic N) is 1. The zero-order valence-corrected chi connectivity index (χ0v) is 17.1. The second-order valence-corrected chi connectivity index (χ2v) is 7.93. The van der Waals surface area contributed by atoms with Gasteiger partial charge >= 0.3 is 7.60 Å². The van der Waals surface area contributed by atoms with E-state index in [1.807, 2.05) is 0 Å². The molecular weight excluding hydrogens is 418 g/mol. The van der Waals surface area contributed by atoms with Gasteiger partial charge in [-0.2, -0.15) is 0 Å². The van der Waals surface area contributed by atoms with Gasteiger partial charge in [0.1, 0.15) is 0 Å². The van der Waals surface area contributed by atoms with Gasteiger partial charge in [-0.05, 0) is 19.9 Å². The Morgan fingerprint density at radius 3 is 2.27 bits per heavy atom. The number of nitro benzene ring substituents is 1. The van der Waals surface area contributed by atoms with Crippen LogP contribution in [-0.4, -0.2) is 35.7 Å². The highest BCUT2D eigenvalue weighted by molar-refractivity contribution is 7.55. The van der Waals surface area contributed by atoms with Crippen molar-refractivity contribution in [3.63, 3.8) is 0 Å². The molecule has 2 rings (SSSR count). The lowest BCUT2D eigenvalue weighted by molar-refractivity contribution is -0.384. The summed E-state index contributed by atoms with van der Waals surface area (Å²) in [5.41, 5.74) is -0.585. The third kappa shape index (κ3) is 5.35. The van der Waals surface area contributed by atoms with Gasteiger partial charge in [-0.25, -0.2) is 4.39 Å². The standard InChI is InChI=1S/C19H20FN2O7P/c1-3-28-30(27,29-4-2)18(20)19(24)21-16-11-10-14(22(25)26)12-15(16)17(23)13-8-6-5-7-9-13/h5-12,18H,3-4H2,1-2H3,(H,21,24). The number of anilines is 1. The fraction of sp³-hybridized carbons (Fsp3) is 0.263. The molecule has 1 unspecified atom stereocenters. The monoisotopic (exact) mass is 438 g/mol. The van der Waals surface area contributed by atoms with Crippen LogP contribution >= 0.6 is 7.60 Å². The van der Waals surface area contributed by atoms with E-state index in [1.54, 1.807) is 18.2 Å². The highest BCUT2D eigenvalue weighted by Crippen LogP contribution is 2.54. The molecule has 2 aromatic rings. The molecule has 0 aliphatic rings. The van der Waals surface area contributed by atoms with Crippen LogP contribution < -0.4 is 5.32 Å². The summed E-state index contributed by atoms with van der Waals surface area (Å²) in [6.07, 6.45) is 0. The van der Waals surface area contributed by atoms with Crippen molar-refractivity contribution in [2.75, 3.05) is 18.5 Å². The first kappa shape index (κ1) is 23.3. The maximum absolute atomic E-state index is 14.6. The highest BCUT2D eigenvalue weighted by Gasteiger charge is 2.42. The Morgan fingerprint density at radius 1 is 1.13 bits per heavy atom. The first-order valence-corrected chi connectivity index (χ1v) is 10.6. The maximum Gasteiger partial charge on any atom is 0.374 e. The smallest absolute Gasteiger partial charge is 0.322 e. The number of halogens is 1. The first-order valence-electron chi connectivity index (χ1n) is 8.95. The van der Waals surface area contributed by atoms with Crippen LogP contribution in [0.15, 0.2) is 48.5 Å². The number of nitrogens with one attached hydrogen (secondary N) is 1. The van der Waals surface area contributed by atoms with E-state index in [9.17, 15) is 28.7 Å². The number of carbonyl (C=O) groups excluding carboxylic acids is 2. The third-order valence-corrected chi connectivity index (χ3v) is 5.89. The summed E-state index contributed by atoms with van der Waals surface area (Å²) in [6.45, 7) is 2.62. The van der Waals surface area contributed by atoms with Gasteiger partial charge in [-0.3, -0.25) is 24.3 Å². The average Bonchev–Trinajstić information content (AvgIpc) is 2.73. The maximum atomic E-state index is 14.6. The van der Waals surface area contributed by atoms with Crippen LogP contribution in [0.2, 0.25) is 0 Å². The predicted octanol–water partition coefficient (Wildman–Crippen LogP) is 4.33. The van der Waals surface area contributed by atoms with Crippen molar-refractivity contribution in [3.05, 3.63) is 69.8 Å². The Labute approximate surface area is 171 Å². The molecule has 0 saturated carbocycles. The van der Waals surface area contributed by atoms with E-state index in [1.165, 1.54) is 26.0 Å². The summed E-state index contributed by atoms with van der Waals surface area (Å²) < 4.78 is 36.8. The van der Waals surface area contributed by atoms with Crippen molar-refractivity contribution in [1.82, 2.24) is 0 Å². The number of amides is 1. The molecule has 1 atom stereocenters. The molecule has 11 heteroatoms. The van der Waals surface area contributed by atoms with Crippen LogP contribution in [-0.2, 0) is 18.4 Å². The van der Waals surface area contributed by atoms with Crippen LogP contribution in [0, 0.1) is 10.1 Å². The van der Waals surface area contributed by atoms with Gasteiger partial charge in [0.05, 0.1) is 29.4 Å². The van der Waals surface area contributed by atoms with Crippen LogP contribution in [0.3, 0.4) is 0 Å². The third-order valence-electron chi connectivity index (χ3n) is 3.86. The second-order valence-electron chi connectivity index (χ2n) is 5.88. The summed E-state index contributed by atoms with van der Waals surface area (Å²) in [7, 11) is -4.40. The van der Waals surface area contributed by atoms with E-state index >= 15 is 0 Å². The highest BCUT2D eigenvalue weighted by atomic mass is 31.2. The van der Waals surface area contributed by atoms with Crippen molar-refractivity contribution in [2.24, 2.45) is 0 Å². The molecule has 30 heavy (non-hydrogen) atoms. The van der Waals surface area contributed by atoms with Crippen molar-refractivity contribution >= 4 is 30.7 Å². The van der Waals surface area contributed by atoms with E-state index in [2.05, 4.69) is 5.32 Å². The molecule has 9 nitrogen and oxygen atoms in total. The number of alkyl halides is 1. The van der Waals surface area contributed by atoms with Crippen LogP contribution in [0.25, 0.3) is 0 Å². The Morgan fingerprint density at radius 2 is 1.73 bits per heavy atom. The number of rotatable bonds is 10. The predicted molar refractivity (Wildman–Crippen MR) is 107 cm³/mol. The molecule has 0 spiro atoms. The summed E-state index contributed by atoms with van der Waals surface area (Å²) in [6, 6.07) is 11.0. The minimum atomic E-state index is -4.40. The van der Waals surface area contributed by atoms with Gasteiger partial charge in [0.2, 0.25) is 0 Å².